The Morgan fingerprint density at radius 3 is 2.96 bits per heavy atom. The van der Waals surface area contributed by atoms with E-state index in [9.17, 15) is 5.11 Å². The number of hydrogen-bond acceptors (Lipinski definition) is 5. The molecular formula is C18H21N5O2. The fraction of sp³-hybridized carbons (Fsp3) is 0.500. The van der Waals surface area contributed by atoms with Crippen molar-refractivity contribution >= 4 is 22.1 Å². The van der Waals surface area contributed by atoms with Gasteiger partial charge in [0.05, 0.1) is 30.5 Å². The number of nitrogens with one attached hydrogen (secondary N) is 1. The second-order valence-corrected chi connectivity index (χ2v) is 6.50. The third-order valence-electron chi connectivity index (χ3n) is 5.04. The highest BCUT2D eigenvalue weighted by Gasteiger charge is 2.27. The molecule has 7 nitrogen and oxygen atoms in total. The predicted octanol–water partition coefficient (Wildman–Crippen LogP) is 2.47. The van der Waals surface area contributed by atoms with Crippen LogP contribution in [0.25, 0.3) is 22.1 Å². The third kappa shape index (κ3) is 2.88. The number of ether oxygens (including phenoxy) is 1. The van der Waals surface area contributed by atoms with Crippen LogP contribution in [-0.2, 0) is 11.2 Å². The summed E-state index contributed by atoms with van der Waals surface area (Å²) in [6, 6.07) is 4.41. The van der Waals surface area contributed by atoms with Crippen LogP contribution in [0.5, 0.6) is 0 Å². The highest BCUT2D eigenvalue weighted by Crippen LogP contribution is 2.35. The molecule has 1 saturated carbocycles. The van der Waals surface area contributed by atoms with Gasteiger partial charge in [0.1, 0.15) is 23.6 Å². The Kier molecular flexibility index (Phi) is 4.38. The molecule has 25 heavy (non-hydrogen) atoms. The van der Waals surface area contributed by atoms with Crippen molar-refractivity contribution in [2.24, 2.45) is 0 Å². The van der Waals surface area contributed by atoms with Gasteiger partial charge >= 0.3 is 0 Å². The van der Waals surface area contributed by atoms with Crippen LogP contribution in [-0.4, -0.2) is 43.9 Å². The minimum atomic E-state index is 0.0770. The zero-order valence-electron chi connectivity index (χ0n) is 14.0. The molecule has 0 unspecified atom stereocenters. The topological polar surface area (TPSA) is 99.8 Å². The van der Waals surface area contributed by atoms with Crippen LogP contribution in [0, 0.1) is 11.3 Å². The smallest absolute Gasteiger partial charge is 0.139 e. The number of hydrogen-bond donors (Lipinski definition) is 2. The van der Waals surface area contributed by atoms with E-state index in [-0.39, 0.29) is 19.3 Å². The molecule has 1 aliphatic carbocycles. The maximum absolute atomic E-state index is 9.45. The molecule has 3 aromatic heterocycles. The number of aromatic amines is 1. The lowest BCUT2D eigenvalue weighted by atomic mass is 9.92. The zero-order valence-corrected chi connectivity index (χ0v) is 14.0. The van der Waals surface area contributed by atoms with Gasteiger partial charge in [0, 0.05) is 24.0 Å². The lowest BCUT2D eigenvalue weighted by Gasteiger charge is -2.30. The van der Waals surface area contributed by atoms with Gasteiger partial charge in [-0.3, -0.25) is 0 Å². The minimum Gasteiger partial charge on any atom is -0.396 e. The van der Waals surface area contributed by atoms with E-state index in [1.54, 1.807) is 6.20 Å². The summed E-state index contributed by atoms with van der Waals surface area (Å²) in [6.07, 6.45) is 8.23. The molecule has 1 fully saturated rings. The Morgan fingerprint density at radius 2 is 2.20 bits per heavy atom. The van der Waals surface area contributed by atoms with Crippen LogP contribution in [0.15, 0.2) is 18.5 Å². The molecule has 3 heterocycles. The van der Waals surface area contributed by atoms with E-state index < -0.39 is 0 Å². The second kappa shape index (κ2) is 6.82. The molecular weight excluding hydrogens is 318 g/mol. The molecule has 0 aromatic carbocycles. The second-order valence-electron chi connectivity index (χ2n) is 6.50. The van der Waals surface area contributed by atoms with E-state index in [2.05, 4.69) is 14.5 Å². The van der Waals surface area contributed by atoms with Gasteiger partial charge in [0.15, 0.2) is 0 Å². The lowest BCUT2D eigenvalue weighted by molar-refractivity contribution is 0.0384. The van der Waals surface area contributed by atoms with Crippen molar-refractivity contribution in [3.05, 3.63) is 24.3 Å². The van der Waals surface area contributed by atoms with Crippen molar-refractivity contribution in [2.45, 2.75) is 44.2 Å². The standard InChI is InChI=1S/C18H21N5O2/c19-7-10-25-13-3-1-12(2-4-13)23-16(6-9-24)22-15-11-21-18-14(17(15)23)5-8-20-18/h5,8,11-13,24H,1-4,6,9-10H2,(H,20,21). The summed E-state index contributed by atoms with van der Waals surface area (Å²) < 4.78 is 7.88. The largest absolute Gasteiger partial charge is 0.396 e. The quantitative estimate of drug-likeness (QED) is 0.744. The summed E-state index contributed by atoms with van der Waals surface area (Å²) in [5.74, 6) is 0.911. The fourth-order valence-electron chi connectivity index (χ4n) is 3.94. The number of nitriles is 1. The molecule has 0 amide bonds. The zero-order chi connectivity index (χ0) is 17.2. The average Bonchev–Trinajstić information content (AvgIpc) is 3.24. The first-order valence-corrected chi connectivity index (χ1v) is 8.74. The minimum absolute atomic E-state index is 0.0770. The Bertz CT molecular complexity index is 915. The Balaban J connectivity index is 1.71. The molecule has 0 aliphatic heterocycles. The predicted molar refractivity (Wildman–Crippen MR) is 93.0 cm³/mol. The van der Waals surface area contributed by atoms with Gasteiger partial charge < -0.3 is 19.4 Å². The Morgan fingerprint density at radius 1 is 1.36 bits per heavy atom. The number of rotatable bonds is 5. The van der Waals surface area contributed by atoms with E-state index in [0.29, 0.717) is 12.5 Å². The molecule has 130 valence electrons. The van der Waals surface area contributed by atoms with Gasteiger partial charge in [-0.05, 0) is 31.7 Å². The average molecular weight is 339 g/mol. The normalized spacial score (nSPS) is 21.0. The number of H-pyrrole nitrogens is 1. The highest BCUT2D eigenvalue weighted by atomic mass is 16.5. The van der Waals surface area contributed by atoms with Gasteiger partial charge in [-0.15, -0.1) is 0 Å². The van der Waals surface area contributed by atoms with Crippen LogP contribution in [0.4, 0.5) is 0 Å². The number of fused-ring (bicyclic) bond motifs is 3. The van der Waals surface area contributed by atoms with E-state index >= 15 is 0 Å². The monoisotopic (exact) mass is 339 g/mol. The van der Waals surface area contributed by atoms with Crippen LogP contribution >= 0.6 is 0 Å². The Labute approximate surface area is 145 Å². The number of aliphatic hydroxyl groups excluding tert-OH is 1. The molecule has 4 rings (SSSR count). The van der Waals surface area contributed by atoms with Crippen LogP contribution < -0.4 is 0 Å². The number of aromatic nitrogens is 4. The summed E-state index contributed by atoms with van der Waals surface area (Å²) in [6.45, 7) is 0.238. The van der Waals surface area contributed by atoms with Crippen molar-refractivity contribution in [1.29, 1.82) is 5.26 Å². The fourth-order valence-corrected chi connectivity index (χ4v) is 3.94. The maximum atomic E-state index is 9.45. The number of aliphatic hydroxyl groups is 1. The summed E-state index contributed by atoms with van der Waals surface area (Å²) in [5, 5.41) is 19.2. The first-order chi connectivity index (χ1) is 12.3. The van der Waals surface area contributed by atoms with Gasteiger partial charge in [-0.1, -0.05) is 0 Å². The molecule has 1 aliphatic rings. The molecule has 2 N–H and O–H groups in total. The molecule has 0 bridgehead atoms. The summed E-state index contributed by atoms with van der Waals surface area (Å²) >= 11 is 0. The molecule has 0 radical (unpaired) electrons. The summed E-state index contributed by atoms with van der Waals surface area (Å²) in [5.41, 5.74) is 2.82. The van der Waals surface area contributed by atoms with E-state index in [1.807, 2.05) is 18.3 Å². The van der Waals surface area contributed by atoms with Gasteiger partial charge in [-0.25, -0.2) is 9.97 Å². The van der Waals surface area contributed by atoms with Crippen LogP contribution in [0.3, 0.4) is 0 Å². The van der Waals surface area contributed by atoms with Crippen LogP contribution in [0.2, 0.25) is 0 Å². The van der Waals surface area contributed by atoms with E-state index in [1.165, 1.54) is 0 Å². The molecule has 7 heteroatoms. The van der Waals surface area contributed by atoms with Crippen molar-refractivity contribution in [2.75, 3.05) is 13.2 Å². The number of pyridine rings is 1. The van der Waals surface area contributed by atoms with Crippen molar-refractivity contribution in [3.8, 4) is 6.07 Å². The van der Waals surface area contributed by atoms with Gasteiger partial charge in [0.25, 0.3) is 0 Å². The van der Waals surface area contributed by atoms with Crippen molar-refractivity contribution in [3.63, 3.8) is 0 Å². The first-order valence-electron chi connectivity index (χ1n) is 8.74. The van der Waals surface area contributed by atoms with Gasteiger partial charge in [-0.2, -0.15) is 5.26 Å². The summed E-state index contributed by atoms with van der Waals surface area (Å²) in [4.78, 5) is 12.3. The molecule has 0 atom stereocenters. The first kappa shape index (κ1) is 16.1. The Hall–Kier alpha value is -2.43. The number of imidazole rings is 1. The highest BCUT2D eigenvalue weighted by molar-refractivity contribution is 6.01. The lowest BCUT2D eigenvalue weighted by Crippen LogP contribution is -2.25. The number of nitrogens with zero attached hydrogens (tertiary/aromatic N) is 4. The molecule has 0 saturated heterocycles. The SMILES string of the molecule is N#CCOC1CCC(n2c(CCO)nc3cnc4[nH]ccc4c32)CC1. The van der Waals surface area contributed by atoms with Gasteiger partial charge in [0.2, 0.25) is 0 Å². The molecule has 0 spiro atoms. The van der Waals surface area contributed by atoms with E-state index in [0.717, 1.165) is 53.6 Å². The maximum Gasteiger partial charge on any atom is 0.139 e. The van der Waals surface area contributed by atoms with Crippen molar-refractivity contribution in [1.82, 2.24) is 19.5 Å². The third-order valence-corrected chi connectivity index (χ3v) is 5.04. The van der Waals surface area contributed by atoms with E-state index in [4.69, 9.17) is 15.0 Å². The summed E-state index contributed by atoms with van der Waals surface area (Å²) in [7, 11) is 0. The molecule has 3 aromatic rings. The van der Waals surface area contributed by atoms with Crippen LogP contribution in [0.1, 0.15) is 37.5 Å². The van der Waals surface area contributed by atoms with Crippen molar-refractivity contribution < 1.29 is 9.84 Å².